The lowest BCUT2D eigenvalue weighted by Gasteiger charge is -2.26. The Labute approximate surface area is 110 Å². The fourth-order valence-corrected chi connectivity index (χ4v) is 2.22. The Morgan fingerprint density at radius 3 is 2.00 bits per heavy atom. The van der Waals surface area contributed by atoms with E-state index < -0.39 is 5.41 Å². The molecule has 0 unspecified atom stereocenters. The van der Waals surface area contributed by atoms with Crippen molar-refractivity contribution in [1.82, 2.24) is 10.2 Å². The molecule has 0 aliphatic heterocycles. The molecular weight excluding hydrogens is 228 g/mol. The molecule has 104 valence electrons. The second-order valence-electron chi connectivity index (χ2n) is 5.50. The van der Waals surface area contributed by atoms with E-state index in [1.165, 1.54) is 0 Å². The maximum atomic E-state index is 12.5. The predicted molar refractivity (Wildman–Crippen MR) is 72.1 cm³/mol. The van der Waals surface area contributed by atoms with Crippen molar-refractivity contribution in [2.75, 3.05) is 13.1 Å². The summed E-state index contributed by atoms with van der Waals surface area (Å²) >= 11 is 0. The molecule has 1 N–H and O–H groups in total. The zero-order valence-electron chi connectivity index (χ0n) is 12.1. The summed E-state index contributed by atoms with van der Waals surface area (Å²) < 4.78 is 0. The molecule has 1 rings (SSSR count). The molecule has 1 aliphatic carbocycles. The Morgan fingerprint density at radius 1 is 1.17 bits per heavy atom. The third-order valence-corrected chi connectivity index (χ3v) is 3.29. The van der Waals surface area contributed by atoms with Crippen LogP contribution in [0.5, 0.6) is 0 Å². The molecule has 0 aromatic carbocycles. The number of hydrogen-bond acceptors (Lipinski definition) is 2. The van der Waals surface area contributed by atoms with E-state index in [1.54, 1.807) is 0 Å². The minimum Gasteiger partial charge on any atom is -0.353 e. The first-order valence-corrected chi connectivity index (χ1v) is 7.08. The van der Waals surface area contributed by atoms with Gasteiger partial charge in [0, 0.05) is 19.1 Å². The van der Waals surface area contributed by atoms with E-state index >= 15 is 0 Å². The minimum atomic E-state index is -0.741. The Kier molecular flexibility index (Phi) is 5.17. The van der Waals surface area contributed by atoms with Crippen LogP contribution in [0.1, 0.15) is 53.4 Å². The second-order valence-corrected chi connectivity index (χ2v) is 5.50. The molecule has 0 heterocycles. The van der Waals surface area contributed by atoms with Crippen LogP contribution in [0.25, 0.3) is 0 Å². The number of nitrogens with one attached hydrogen (secondary N) is 1. The molecule has 1 aliphatic rings. The van der Waals surface area contributed by atoms with Crippen LogP contribution in [0.3, 0.4) is 0 Å². The van der Waals surface area contributed by atoms with E-state index in [0.29, 0.717) is 12.8 Å². The standard InChI is InChI=1S/C14H26N2O2/c1-5-9-16(10-6-2)13(18)14(7-8-14)12(17)15-11(3)4/h11H,5-10H2,1-4H3,(H,15,17). The summed E-state index contributed by atoms with van der Waals surface area (Å²) in [5.41, 5.74) is -0.741. The predicted octanol–water partition coefficient (Wildman–Crippen LogP) is 1.94. The summed E-state index contributed by atoms with van der Waals surface area (Å²) in [6, 6.07) is 0.0913. The first-order chi connectivity index (χ1) is 8.47. The van der Waals surface area contributed by atoms with Gasteiger partial charge in [-0.3, -0.25) is 9.59 Å². The summed E-state index contributed by atoms with van der Waals surface area (Å²) in [7, 11) is 0. The molecule has 0 aromatic rings. The van der Waals surface area contributed by atoms with Crippen molar-refractivity contribution >= 4 is 11.8 Å². The highest BCUT2D eigenvalue weighted by molar-refractivity contribution is 6.07. The fraction of sp³-hybridized carbons (Fsp3) is 0.857. The molecule has 0 aromatic heterocycles. The molecule has 0 spiro atoms. The fourth-order valence-electron chi connectivity index (χ4n) is 2.22. The van der Waals surface area contributed by atoms with Crippen molar-refractivity contribution in [2.45, 2.75) is 59.4 Å². The average Bonchev–Trinajstić information content (AvgIpc) is 3.08. The molecule has 18 heavy (non-hydrogen) atoms. The summed E-state index contributed by atoms with van der Waals surface area (Å²) in [6.07, 6.45) is 3.28. The summed E-state index contributed by atoms with van der Waals surface area (Å²) in [6.45, 7) is 9.47. The SMILES string of the molecule is CCCN(CCC)C(=O)C1(C(=O)NC(C)C)CC1. The van der Waals surface area contributed by atoms with E-state index in [0.717, 1.165) is 25.9 Å². The molecule has 0 saturated heterocycles. The number of carbonyl (C=O) groups is 2. The molecule has 2 amide bonds. The van der Waals surface area contributed by atoms with Gasteiger partial charge in [-0.05, 0) is 39.5 Å². The smallest absolute Gasteiger partial charge is 0.238 e. The van der Waals surface area contributed by atoms with E-state index in [-0.39, 0.29) is 17.9 Å². The Hall–Kier alpha value is -1.06. The van der Waals surface area contributed by atoms with Gasteiger partial charge in [0.05, 0.1) is 0 Å². The number of nitrogens with zero attached hydrogens (tertiary/aromatic N) is 1. The maximum absolute atomic E-state index is 12.5. The molecule has 4 nitrogen and oxygen atoms in total. The van der Waals surface area contributed by atoms with E-state index in [9.17, 15) is 9.59 Å². The number of amides is 2. The molecule has 0 atom stereocenters. The lowest BCUT2D eigenvalue weighted by atomic mass is 10.0. The molecule has 4 heteroatoms. The summed E-state index contributed by atoms with van der Waals surface area (Å²) in [5, 5.41) is 2.88. The van der Waals surface area contributed by atoms with Gasteiger partial charge in [0.25, 0.3) is 0 Å². The molecule has 1 fully saturated rings. The topological polar surface area (TPSA) is 49.4 Å². The van der Waals surface area contributed by atoms with Gasteiger partial charge in [0.1, 0.15) is 5.41 Å². The van der Waals surface area contributed by atoms with Crippen LogP contribution < -0.4 is 5.32 Å². The lowest BCUT2D eigenvalue weighted by Crippen LogP contribution is -2.47. The minimum absolute atomic E-state index is 0.0318. The Balaban J connectivity index is 2.71. The van der Waals surface area contributed by atoms with Gasteiger partial charge in [-0.15, -0.1) is 0 Å². The van der Waals surface area contributed by atoms with Gasteiger partial charge in [-0.25, -0.2) is 0 Å². The van der Waals surface area contributed by atoms with E-state index in [4.69, 9.17) is 0 Å². The number of carbonyl (C=O) groups excluding carboxylic acids is 2. The van der Waals surface area contributed by atoms with Crippen LogP contribution in [0, 0.1) is 5.41 Å². The van der Waals surface area contributed by atoms with Crippen molar-refractivity contribution in [3.63, 3.8) is 0 Å². The summed E-state index contributed by atoms with van der Waals surface area (Å²) in [5.74, 6) is -0.0518. The largest absolute Gasteiger partial charge is 0.353 e. The average molecular weight is 254 g/mol. The van der Waals surface area contributed by atoms with Crippen molar-refractivity contribution in [3.05, 3.63) is 0 Å². The molecule has 0 radical (unpaired) electrons. The van der Waals surface area contributed by atoms with Crippen molar-refractivity contribution in [1.29, 1.82) is 0 Å². The number of hydrogen-bond donors (Lipinski definition) is 1. The van der Waals surface area contributed by atoms with Crippen LogP contribution in [0.4, 0.5) is 0 Å². The normalized spacial score (nSPS) is 16.5. The zero-order valence-corrected chi connectivity index (χ0v) is 12.1. The molecule has 1 saturated carbocycles. The zero-order chi connectivity index (χ0) is 13.8. The van der Waals surface area contributed by atoms with E-state index in [1.807, 2.05) is 18.7 Å². The number of rotatable bonds is 7. The molecular formula is C14H26N2O2. The Morgan fingerprint density at radius 2 is 1.67 bits per heavy atom. The van der Waals surface area contributed by atoms with Crippen molar-refractivity contribution in [3.8, 4) is 0 Å². The highest BCUT2D eigenvalue weighted by Crippen LogP contribution is 2.47. The molecule has 0 bridgehead atoms. The third-order valence-electron chi connectivity index (χ3n) is 3.29. The van der Waals surface area contributed by atoms with Gasteiger partial charge >= 0.3 is 0 Å². The van der Waals surface area contributed by atoms with Crippen LogP contribution in [0.2, 0.25) is 0 Å². The summed E-state index contributed by atoms with van der Waals surface area (Å²) in [4.78, 5) is 26.5. The van der Waals surface area contributed by atoms with Crippen molar-refractivity contribution in [2.24, 2.45) is 5.41 Å². The van der Waals surface area contributed by atoms with Gasteiger partial charge in [0.15, 0.2) is 0 Å². The van der Waals surface area contributed by atoms with Gasteiger partial charge in [-0.2, -0.15) is 0 Å². The lowest BCUT2D eigenvalue weighted by molar-refractivity contribution is -0.144. The highest BCUT2D eigenvalue weighted by atomic mass is 16.2. The van der Waals surface area contributed by atoms with Crippen LogP contribution in [-0.2, 0) is 9.59 Å². The third kappa shape index (κ3) is 3.24. The van der Waals surface area contributed by atoms with Crippen LogP contribution >= 0.6 is 0 Å². The van der Waals surface area contributed by atoms with Crippen molar-refractivity contribution < 1.29 is 9.59 Å². The van der Waals surface area contributed by atoms with Gasteiger partial charge in [-0.1, -0.05) is 13.8 Å². The maximum Gasteiger partial charge on any atom is 0.238 e. The quantitative estimate of drug-likeness (QED) is 0.706. The van der Waals surface area contributed by atoms with Crippen LogP contribution in [0.15, 0.2) is 0 Å². The van der Waals surface area contributed by atoms with Gasteiger partial charge in [0.2, 0.25) is 11.8 Å². The highest BCUT2D eigenvalue weighted by Gasteiger charge is 2.57. The second kappa shape index (κ2) is 6.21. The monoisotopic (exact) mass is 254 g/mol. The first kappa shape index (κ1) is 15.0. The van der Waals surface area contributed by atoms with Crippen LogP contribution in [-0.4, -0.2) is 35.8 Å². The first-order valence-electron chi connectivity index (χ1n) is 7.08. The van der Waals surface area contributed by atoms with E-state index in [2.05, 4.69) is 19.2 Å². The Bertz CT molecular complexity index is 303. The van der Waals surface area contributed by atoms with Gasteiger partial charge < -0.3 is 10.2 Å².